The smallest absolute Gasteiger partial charge is 0.255 e. The molecule has 0 aliphatic rings. The Kier molecular flexibility index (Phi) is 3.90. The number of hydrogen-bond donors (Lipinski definition) is 2. The van der Waals surface area contributed by atoms with Crippen LogP contribution >= 0.6 is 15.9 Å². The number of aromatic hydroxyl groups is 1. The Balaban J connectivity index is 2.26. The third kappa shape index (κ3) is 2.96. The van der Waals surface area contributed by atoms with Gasteiger partial charge < -0.3 is 10.4 Å². The fraction of sp³-hybridized carbons (Fsp3) is 0.133. The highest BCUT2D eigenvalue weighted by atomic mass is 79.9. The number of carbonyl (C=O) groups is 1. The van der Waals surface area contributed by atoms with Gasteiger partial charge in [-0.1, -0.05) is 22.0 Å². The van der Waals surface area contributed by atoms with Crippen LogP contribution in [-0.2, 0) is 0 Å². The lowest BCUT2D eigenvalue weighted by Crippen LogP contribution is -2.12. The molecule has 19 heavy (non-hydrogen) atoms. The van der Waals surface area contributed by atoms with Gasteiger partial charge in [0.25, 0.3) is 5.91 Å². The first-order valence-electron chi connectivity index (χ1n) is 5.85. The van der Waals surface area contributed by atoms with E-state index in [1.54, 1.807) is 31.2 Å². The van der Waals surface area contributed by atoms with Crippen LogP contribution in [0.25, 0.3) is 0 Å². The van der Waals surface area contributed by atoms with Gasteiger partial charge in [0.1, 0.15) is 5.75 Å². The van der Waals surface area contributed by atoms with Gasteiger partial charge in [0.05, 0.1) is 0 Å². The van der Waals surface area contributed by atoms with Gasteiger partial charge in [0, 0.05) is 21.3 Å². The molecular formula is C15H14BrNO2. The first kappa shape index (κ1) is 13.6. The third-order valence-electron chi connectivity index (χ3n) is 2.97. The Morgan fingerprint density at radius 2 is 1.95 bits per heavy atom. The molecule has 0 aliphatic carbocycles. The van der Waals surface area contributed by atoms with Crippen LogP contribution in [0.15, 0.2) is 40.9 Å². The fourth-order valence-electron chi connectivity index (χ4n) is 1.74. The molecule has 0 fully saturated rings. The van der Waals surface area contributed by atoms with Crippen molar-refractivity contribution in [3.8, 4) is 5.75 Å². The van der Waals surface area contributed by atoms with Crippen molar-refractivity contribution < 1.29 is 9.90 Å². The number of phenolic OH excluding ortho intramolecular Hbond substituents is 1. The van der Waals surface area contributed by atoms with Crippen LogP contribution in [0.4, 0.5) is 5.69 Å². The second-order valence-corrected chi connectivity index (χ2v) is 5.22. The van der Waals surface area contributed by atoms with E-state index in [0.717, 1.165) is 10.0 Å². The van der Waals surface area contributed by atoms with Gasteiger partial charge in [-0.3, -0.25) is 4.79 Å². The van der Waals surface area contributed by atoms with Crippen LogP contribution in [0, 0.1) is 13.8 Å². The monoisotopic (exact) mass is 319 g/mol. The van der Waals surface area contributed by atoms with Crippen molar-refractivity contribution in [3.63, 3.8) is 0 Å². The number of benzene rings is 2. The molecule has 0 unspecified atom stereocenters. The van der Waals surface area contributed by atoms with E-state index in [2.05, 4.69) is 21.2 Å². The lowest BCUT2D eigenvalue weighted by Gasteiger charge is -2.10. The number of halogens is 1. The van der Waals surface area contributed by atoms with Crippen molar-refractivity contribution in [2.45, 2.75) is 13.8 Å². The molecule has 0 aliphatic heterocycles. The van der Waals surface area contributed by atoms with Gasteiger partial charge in [-0.15, -0.1) is 0 Å². The summed E-state index contributed by atoms with van der Waals surface area (Å²) in [5.41, 5.74) is 2.86. The van der Waals surface area contributed by atoms with Crippen molar-refractivity contribution in [2.24, 2.45) is 0 Å². The Morgan fingerprint density at radius 3 is 2.63 bits per heavy atom. The summed E-state index contributed by atoms with van der Waals surface area (Å²) < 4.78 is 0.970. The number of aryl methyl sites for hydroxylation is 1. The second kappa shape index (κ2) is 5.45. The zero-order valence-electron chi connectivity index (χ0n) is 10.7. The number of nitrogens with one attached hydrogen (secondary N) is 1. The predicted molar refractivity (Wildman–Crippen MR) is 79.7 cm³/mol. The largest absolute Gasteiger partial charge is 0.508 e. The van der Waals surface area contributed by atoms with Crippen LogP contribution in [0.1, 0.15) is 21.5 Å². The fourth-order valence-corrected chi connectivity index (χ4v) is 1.99. The third-order valence-corrected chi connectivity index (χ3v) is 3.86. The average Bonchev–Trinajstić information content (AvgIpc) is 2.38. The molecule has 1 amide bonds. The van der Waals surface area contributed by atoms with Gasteiger partial charge in [0.2, 0.25) is 0 Å². The van der Waals surface area contributed by atoms with E-state index in [9.17, 15) is 9.90 Å². The molecule has 0 atom stereocenters. The summed E-state index contributed by atoms with van der Waals surface area (Å²) in [7, 11) is 0. The van der Waals surface area contributed by atoms with E-state index in [0.29, 0.717) is 16.8 Å². The zero-order chi connectivity index (χ0) is 14.0. The lowest BCUT2D eigenvalue weighted by molar-refractivity contribution is 0.102. The first-order chi connectivity index (χ1) is 8.99. The molecule has 2 aromatic rings. The molecule has 98 valence electrons. The van der Waals surface area contributed by atoms with E-state index >= 15 is 0 Å². The number of anilines is 1. The zero-order valence-corrected chi connectivity index (χ0v) is 12.3. The highest BCUT2D eigenvalue weighted by Gasteiger charge is 2.10. The standard InChI is InChI=1S/C15H14BrNO2/c1-9-8-11(6-7-12(9)16)15(19)17-13-4-3-5-14(18)10(13)2/h3-8,18H,1-2H3,(H,17,19). The van der Waals surface area contributed by atoms with Gasteiger partial charge in [0.15, 0.2) is 0 Å². The summed E-state index contributed by atoms with van der Waals surface area (Å²) in [6.45, 7) is 3.69. The summed E-state index contributed by atoms with van der Waals surface area (Å²) in [5.74, 6) is -0.0194. The molecule has 0 bridgehead atoms. The summed E-state index contributed by atoms with van der Waals surface area (Å²) in [5, 5.41) is 12.4. The molecule has 3 nitrogen and oxygen atoms in total. The number of carbonyl (C=O) groups excluding carboxylic acids is 1. The highest BCUT2D eigenvalue weighted by Crippen LogP contribution is 2.25. The Hall–Kier alpha value is -1.81. The van der Waals surface area contributed by atoms with Crippen LogP contribution < -0.4 is 5.32 Å². The summed E-state index contributed by atoms with van der Waals surface area (Å²) in [4.78, 5) is 12.1. The summed E-state index contributed by atoms with van der Waals surface area (Å²) >= 11 is 3.40. The number of hydrogen-bond acceptors (Lipinski definition) is 2. The van der Waals surface area contributed by atoms with Gasteiger partial charge in [-0.2, -0.15) is 0 Å². The van der Waals surface area contributed by atoms with Gasteiger partial charge >= 0.3 is 0 Å². The molecule has 4 heteroatoms. The first-order valence-corrected chi connectivity index (χ1v) is 6.64. The molecule has 0 heterocycles. The van der Waals surface area contributed by atoms with E-state index in [1.807, 2.05) is 19.1 Å². The lowest BCUT2D eigenvalue weighted by atomic mass is 10.1. The van der Waals surface area contributed by atoms with E-state index < -0.39 is 0 Å². The summed E-state index contributed by atoms with van der Waals surface area (Å²) in [6, 6.07) is 10.5. The molecule has 0 aromatic heterocycles. The molecular weight excluding hydrogens is 306 g/mol. The minimum absolute atomic E-state index is 0.171. The minimum atomic E-state index is -0.190. The average molecular weight is 320 g/mol. The number of rotatable bonds is 2. The summed E-state index contributed by atoms with van der Waals surface area (Å²) in [6.07, 6.45) is 0. The Morgan fingerprint density at radius 1 is 1.21 bits per heavy atom. The van der Waals surface area contributed by atoms with Crippen molar-refractivity contribution in [1.82, 2.24) is 0 Å². The molecule has 2 aromatic carbocycles. The Labute approximate surface area is 120 Å². The molecule has 2 N–H and O–H groups in total. The van der Waals surface area contributed by atoms with Gasteiger partial charge in [-0.05, 0) is 49.7 Å². The molecule has 0 saturated carbocycles. The van der Waals surface area contributed by atoms with E-state index in [-0.39, 0.29) is 11.7 Å². The van der Waals surface area contributed by atoms with Crippen LogP contribution in [0.5, 0.6) is 5.75 Å². The van der Waals surface area contributed by atoms with Crippen LogP contribution in [0.3, 0.4) is 0 Å². The topological polar surface area (TPSA) is 49.3 Å². The van der Waals surface area contributed by atoms with Gasteiger partial charge in [-0.25, -0.2) is 0 Å². The van der Waals surface area contributed by atoms with E-state index in [1.165, 1.54) is 0 Å². The van der Waals surface area contributed by atoms with Crippen molar-refractivity contribution in [3.05, 3.63) is 57.6 Å². The quantitative estimate of drug-likeness (QED) is 0.878. The minimum Gasteiger partial charge on any atom is -0.508 e. The van der Waals surface area contributed by atoms with Crippen molar-refractivity contribution in [2.75, 3.05) is 5.32 Å². The second-order valence-electron chi connectivity index (χ2n) is 4.37. The molecule has 0 spiro atoms. The maximum Gasteiger partial charge on any atom is 0.255 e. The predicted octanol–water partition coefficient (Wildman–Crippen LogP) is 4.02. The highest BCUT2D eigenvalue weighted by molar-refractivity contribution is 9.10. The molecule has 2 rings (SSSR count). The Bertz CT molecular complexity index is 638. The number of amides is 1. The van der Waals surface area contributed by atoms with Crippen LogP contribution in [0.2, 0.25) is 0 Å². The van der Waals surface area contributed by atoms with E-state index in [4.69, 9.17) is 0 Å². The molecule has 0 radical (unpaired) electrons. The van der Waals surface area contributed by atoms with Crippen LogP contribution in [-0.4, -0.2) is 11.0 Å². The maximum absolute atomic E-state index is 12.1. The molecule has 0 saturated heterocycles. The van der Waals surface area contributed by atoms with Crippen molar-refractivity contribution in [1.29, 1.82) is 0 Å². The number of phenols is 1. The SMILES string of the molecule is Cc1cc(C(=O)Nc2cccc(O)c2C)ccc1Br. The normalized spacial score (nSPS) is 10.3. The van der Waals surface area contributed by atoms with Crippen molar-refractivity contribution >= 4 is 27.5 Å². The maximum atomic E-state index is 12.1.